The molecule has 4 heteroatoms. The van der Waals surface area contributed by atoms with Crippen LogP contribution < -0.4 is 4.74 Å². The van der Waals surface area contributed by atoms with Gasteiger partial charge in [-0.15, -0.1) is 0 Å². The summed E-state index contributed by atoms with van der Waals surface area (Å²) in [5.74, 6) is 0.317. The van der Waals surface area contributed by atoms with Crippen molar-refractivity contribution in [2.75, 3.05) is 20.3 Å². The molecule has 100 valence electrons. The van der Waals surface area contributed by atoms with Crippen molar-refractivity contribution >= 4 is 5.97 Å². The van der Waals surface area contributed by atoms with Gasteiger partial charge in [-0.05, 0) is 24.1 Å². The van der Waals surface area contributed by atoms with E-state index in [0.717, 1.165) is 18.4 Å². The number of hydrogen-bond donors (Lipinski definition) is 0. The lowest BCUT2D eigenvalue weighted by atomic mass is 10.2. The van der Waals surface area contributed by atoms with Crippen molar-refractivity contribution < 1.29 is 19.0 Å². The van der Waals surface area contributed by atoms with Gasteiger partial charge >= 0.3 is 5.97 Å². The van der Waals surface area contributed by atoms with Gasteiger partial charge in [0.25, 0.3) is 0 Å². The molecule has 0 aliphatic heterocycles. The van der Waals surface area contributed by atoms with Crippen LogP contribution in [0.1, 0.15) is 25.3 Å². The van der Waals surface area contributed by atoms with Crippen LogP contribution in [0.25, 0.3) is 0 Å². The number of carbonyl (C=O) groups excluding carboxylic acids is 1. The van der Waals surface area contributed by atoms with Gasteiger partial charge in [-0.3, -0.25) is 0 Å². The third-order valence-corrected chi connectivity index (χ3v) is 2.33. The molecule has 0 spiro atoms. The molecular weight excluding hydrogens is 232 g/mol. The van der Waals surface area contributed by atoms with Crippen LogP contribution in [0, 0.1) is 0 Å². The maximum absolute atomic E-state index is 11.3. The lowest BCUT2D eigenvalue weighted by Crippen LogP contribution is -2.15. The van der Waals surface area contributed by atoms with Crippen molar-refractivity contribution in [1.82, 2.24) is 0 Å². The predicted octanol–water partition coefficient (Wildman–Crippen LogP) is 2.56. The molecular formula is C14H20O4. The first-order valence-electron chi connectivity index (χ1n) is 6.12. The van der Waals surface area contributed by atoms with E-state index in [1.165, 1.54) is 0 Å². The van der Waals surface area contributed by atoms with Crippen molar-refractivity contribution in [3.63, 3.8) is 0 Å². The highest BCUT2D eigenvalue weighted by molar-refractivity contribution is 5.71. The van der Waals surface area contributed by atoms with Gasteiger partial charge in [0.2, 0.25) is 0 Å². The fraction of sp³-hybridized carbons (Fsp3) is 0.500. The molecule has 4 nitrogen and oxygen atoms in total. The van der Waals surface area contributed by atoms with Crippen LogP contribution in [0.3, 0.4) is 0 Å². The third-order valence-electron chi connectivity index (χ3n) is 2.33. The SMILES string of the molecule is CCCCOC(=O)COc1cccc(COC)c1. The number of carbonyl (C=O) groups is 1. The topological polar surface area (TPSA) is 44.8 Å². The monoisotopic (exact) mass is 252 g/mol. The zero-order chi connectivity index (χ0) is 13.2. The van der Waals surface area contributed by atoms with E-state index in [2.05, 4.69) is 0 Å². The Labute approximate surface area is 108 Å². The Bertz CT molecular complexity index is 363. The molecule has 0 unspecified atom stereocenters. The van der Waals surface area contributed by atoms with Crippen LogP contribution in [0.2, 0.25) is 0 Å². The van der Waals surface area contributed by atoms with E-state index < -0.39 is 0 Å². The smallest absolute Gasteiger partial charge is 0.344 e. The second kappa shape index (κ2) is 8.53. The highest BCUT2D eigenvalue weighted by atomic mass is 16.6. The summed E-state index contributed by atoms with van der Waals surface area (Å²) in [5, 5.41) is 0. The zero-order valence-corrected chi connectivity index (χ0v) is 11.0. The molecule has 0 amide bonds. The minimum Gasteiger partial charge on any atom is -0.482 e. The highest BCUT2D eigenvalue weighted by Crippen LogP contribution is 2.13. The van der Waals surface area contributed by atoms with E-state index in [1.54, 1.807) is 13.2 Å². The van der Waals surface area contributed by atoms with Crippen LogP contribution in [-0.2, 0) is 20.9 Å². The molecule has 0 N–H and O–H groups in total. The normalized spacial score (nSPS) is 10.1. The molecule has 1 aromatic carbocycles. The first-order valence-corrected chi connectivity index (χ1v) is 6.12. The first-order chi connectivity index (χ1) is 8.76. The summed E-state index contributed by atoms with van der Waals surface area (Å²) in [6, 6.07) is 7.46. The summed E-state index contributed by atoms with van der Waals surface area (Å²) < 4.78 is 15.4. The van der Waals surface area contributed by atoms with E-state index in [1.807, 2.05) is 25.1 Å². The Hall–Kier alpha value is -1.55. The maximum atomic E-state index is 11.3. The van der Waals surface area contributed by atoms with Gasteiger partial charge in [0.1, 0.15) is 5.75 Å². The average Bonchev–Trinajstić information content (AvgIpc) is 2.38. The summed E-state index contributed by atoms with van der Waals surface area (Å²) >= 11 is 0. The highest BCUT2D eigenvalue weighted by Gasteiger charge is 2.04. The van der Waals surface area contributed by atoms with Crippen LogP contribution in [0.4, 0.5) is 0 Å². The molecule has 0 radical (unpaired) electrons. The number of benzene rings is 1. The van der Waals surface area contributed by atoms with Gasteiger partial charge in [0, 0.05) is 7.11 Å². The summed E-state index contributed by atoms with van der Waals surface area (Å²) in [6.07, 6.45) is 1.89. The Kier molecular flexibility index (Phi) is 6.87. The molecule has 0 aliphatic carbocycles. The fourth-order valence-corrected chi connectivity index (χ4v) is 1.41. The van der Waals surface area contributed by atoms with Gasteiger partial charge in [-0.1, -0.05) is 25.5 Å². The second-order valence-electron chi connectivity index (χ2n) is 3.94. The van der Waals surface area contributed by atoms with E-state index in [4.69, 9.17) is 14.2 Å². The number of rotatable bonds is 8. The van der Waals surface area contributed by atoms with Gasteiger partial charge in [-0.25, -0.2) is 4.79 Å². The molecule has 0 aromatic heterocycles. The first kappa shape index (κ1) is 14.5. The van der Waals surface area contributed by atoms with Crippen molar-refractivity contribution in [3.8, 4) is 5.75 Å². The quantitative estimate of drug-likeness (QED) is 0.527. The zero-order valence-electron chi connectivity index (χ0n) is 11.0. The summed E-state index contributed by atoms with van der Waals surface area (Å²) in [5.41, 5.74) is 1.01. The predicted molar refractivity (Wildman–Crippen MR) is 68.5 cm³/mol. The number of methoxy groups -OCH3 is 1. The van der Waals surface area contributed by atoms with Gasteiger partial charge in [0.05, 0.1) is 13.2 Å². The van der Waals surface area contributed by atoms with Crippen LogP contribution >= 0.6 is 0 Å². The summed E-state index contributed by atoms with van der Waals surface area (Å²) in [4.78, 5) is 11.3. The minimum atomic E-state index is -0.333. The molecule has 0 atom stereocenters. The maximum Gasteiger partial charge on any atom is 0.344 e. The molecule has 0 bridgehead atoms. The van der Waals surface area contributed by atoms with Gasteiger partial charge in [0.15, 0.2) is 6.61 Å². The largest absolute Gasteiger partial charge is 0.482 e. The van der Waals surface area contributed by atoms with E-state index in [-0.39, 0.29) is 12.6 Å². The third kappa shape index (κ3) is 5.68. The van der Waals surface area contributed by atoms with Crippen LogP contribution in [0.5, 0.6) is 5.75 Å². The average molecular weight is 252 g/mol. The molecule has 1 rings (SSSR count). The van der Waals surface area contributed by atoms with E-state index in [9.17, 15) is 4.79 Å². The lowest BCUT2D eigenvalue weighted by Gasteiger charge is -2.08. The van der Waals surface area contributed by atoms with E-state index >= 15 is 0 Å². The molecule has 0 fully saturated rings. The van der Waals surface area contributed by atoms with Crippen molar-refractivity contribution in [2.45, 2.75) is 26.4 Å². The van der Waals surface area contributed by atoms with Crippen molar-refractivity contribution in [2.24, 2.45) is 0 Å². The Morgan fingerprint density at radius 1 is 1.33 bits per heavy atom. The van der Waals surface area contributed by atoms with Gasteiger partial charge < -0.3 is 14.2 Å². The second-order valence-corrected chi connectivity index (χ2v) is 3.94. The molecule has 0 saturated heterocycles. The Morgan fingerprint density at radius 3 is 2.89 bits per heavy atom. The lowest BCUT2D eigenvalue weighted by molar-refractivity contribution is -0.146. The molecule has 1 aromatic rings. The van der Waals surface area contributed by atoms with Crippen molar-refractivity contribution in [1.29, 1.82) is 0 Å². The number of unbranched alkanes of at least 4 members (excludes halogenated alkanes) is 1. The number of ether oxygens (including phenoxy) is 3. The van der Waals surface area contributed by atoms with Gasteiger partial charge in [-0.2, -0.15) is 0 Å². The fourth-order valence-electron chi connectivity index (χ4n) is 1.41. The summed E-state index contributed by atoms with van der Waals surface area (Å²) in [6.45, 7) is 2.98. The van der Waals surface area contributed by atoms with Crippen LogP contribution in [-0.4, -0.2) is 26.3 Å². The number of hydrogen-bond acceptors (Lipinski definition) is 4. The minimum absolute atomic E-state index is 0.0554. The standard InChI is InChI=1S/C14H20O4/c1-3-4-8-17-14(15)11-18-13-7-5-6-12(9-13)10-16-2/h5-7,9H,3-4,8,10-11H2,1-2H3. The number of esters is 1. The molecule has 0 saturated carbocycles. The Morgan fingerprint density at radius 2 is 2.17 bits per heavy atom. The molecule has 0 heterocycles. The van der Waals surface area contributed by atoms with Crippen LogP contribution in [0.15, 0.2) is 24.3 Å². The molecule has 18 heavy (non-hydrogen) atoms. The van der Waals surface area contributed by atoms with Crippen molar-refractivity contribution in [3.05, 3.63) is 29.8 Å². The summed E-state index contributed by atoms with van der Waals surface area (Å²) in [7, 11) is 1.64. The Balaban J connectivity index is 2.33. The molecule has 0 aliphatic rings. The van der Waals surface area contributed by atoms with E-state index in [0.29, 0.717) is 19.0 Å².